The van der Waals surface area contributed by atoms with Crippen LogP contribution in [-0.4, -0.2) is 16.9 Å². The van der Waals surface area contributed by atoms with Gasteiger partial charge in [-0.15, -0.1) is 0 Å². The molecule has 0 radical (unpaired) electrons. The predicted molar refractivity (Wildman–Crippen MR) is 55.1 cm³/mol. The van der Waals surface area contributed by atoms with E-state index in [-0.39, 0.29) is 0 Å². The summed E-state index contributed by atoms with van der Waals surface area (Å²) in [6.45, 7) is 5.08. The summed E-state index contributed by atoms with van der Waals surface area (Å²) in [4.78, 5) is 6.28. The van der Waals surface area contributed by atoms with Crippen molar-refractivity contribution in [2.45, 2.75) is 20.4 Å². The van der Waals surface area contributed by atoms with E-state index in [0.29, 0.717) is 0 Å². The molecule has 0 fully saturated rings. The van der Waals surface area contributed by atoms with Crippen molar-refractivity contribution in [3.63, 3.8) is 0 Å². The standard InChI is InChI=1S/C11H16N2/c1-4-10(2)13(3)9-11-6-5-7-12-8-11/h4-8H,9H2,1-3H3/b10-4+. The van der Waals surface area contributed by atoms with Crippen molar-refractivity contribution in [2.24, 2.45) is 0 Å². The van der Waals surface area contributed by atoms with E-state index in [0.717, 1.165) is 6.54 Å². The SMILES string of the molecule is C/C=C(\C)N(C)Cc1cccnc1. The Morgan fingerprint density at radius 3 is 2.92 bits per heavy atom. The molecule has 1 rings (SSSR count). The molecule has 2 nitrogen and oxygen atoms in total. The highest BCUT2D eigenvalue weighted by atomic mass is 15.1. The van der Waals surface area contributed by atoms with Crippen LogP contribution < -0.4 is 0 Å². The Hall–Kier alpha value is -1.31. The van der Waals surface area contributed by atoms with Crippen molar-refractivity contribution in [3.8, 4) is 0 Å². The maximum Gasteiger partial charge on any atom is 0.0438 e. The number of hydrogen-bond donors (Lipinski definition) is 0. The van der Waals surface area contributed by atoms with Gasteiger partial charge in [0.1, 0.15) is 0 Å². The third-order valence-electron chi connectivity index (χ3n) is 2.16. The minimum absolute atomic E-state index is 0.921. The third kappa shape index (κ3) is 2.90. The molecule has 0 bridgehead atoms. The van der Waals surface area contributed by atoms with Gasteiger partial charge in [0.05, 0.1) is 0 Å². The average molecular weight is 176 g/mol. The number of hydrogen-bond acceptors (Lipinski definition) is 2. The quantitative estimate of drug-likeness (QED) is 0.703. The molecule has 0 N–H and O–H groups in total. The molecule has 0 atom stereocenters. The van der Waals surface area contributed by atoms with Gasteiger partial charge in [-0.3, -0.25) is 4.98 Å². The van der Waals surface area contributed by atoms with Gasteiger partial charge < -0.3 is 4.90 Å². The molecule has 70 valence electrons. The first-order chi connectivity index (χ1) is 6.24. The number of nitrogens with zero attached hydrogens (tertiary/aromatic N) is 2. The highest BCUT2D eigenvalue weighted by molar-refractivity contribution is 5.09. The molecule has 1 heterocycles. The largest absolute Gasteiger partial charge is 0.374 e. The molecule has 0 aromatic carbocycles. The van der Waals surface area contributed by atoms with Crippen LogP contribution in [0.15, 0.2) is 36.3 Å². The summed E-state index contributed by atoms with van der Waals surface area (Å²) in [6.07, 6.45) is 5.81. The van der Waals surface area contributed by atoms with E-state index in [1.807, 2.05) is 12.3 Å². The second-order valence-corrected chi connectivity index (χ2v) is 3.15. The van der Waals surface area contributed by atoms with Gasteiger partial charge in [0.25, 0.3) is 0 Å². The zero-order chi connectivity index (χ0) is 9.68. The molecule has 1 aromatic rings. The van der Waals surface area contributed by atoms with Crippen molar-refractivity contribution in [3.05, 3.63) is 41.9 Å². The van der Waals surface area contributed by atoms with E-state index in [9.17, 15) is 0 Å². The molecule has 0 aliphatic heterocycles. The molecule has 2 heteroatoms. The van der Waals surface area contributed by atoms with Gasteiger partial charge in [0.15, 0.2) is 0 Å². The predicted octanol–water partition coefficient (Wildman–Crippen LogP) is 2.44. The first-order valence-electron chi connectivity index (χ1n) is 4.47. The maximum atomic E-state index is 4.08. The molecule has 13 heavy (non-hydrogen) atoms. The molecule has 0 saturated carbocycles. The lowest BCUT2D eigenvalue weighted by atomic mass is 10.2. The lowest BCUT2D eigenvalue weighted by Gasteiger charge is -2.19. The lowest BCUT2D eigenvalue weighted by molar-refractivity contribution is 0.411. The molecule has 0 aliphatic rings. The molecule has 0 saturated heterocycles. The topological polar surface area (TPSA) is 16.1 Å². The summed E-state index contributed by atoms with van der Waals surface area (Å²) < 4.78 is 0. The van der Waals surface area contributed by atoms with E-state index in [1.54, 1.807) is 6.20 Å². The van der Waals surface area contributed by atoms with Crippen molar-refractivity contribution >= 4 is 0 Å². The summed E-state index contributed by atoms with van der Waals surface area (Å²) in [5, 5.41) is 0. The summed E-state index contributed by atoms with van der Waals surface area (Å²) in [5.41, 5.74) is 2.52. The molecule has 0 spiro atoms. The Labute approximate surface area is 79.9 Å². The fraction of sp³-hybridized carbons (Fsp3) is 0.364. The van der Waals surface area contributed by atoms with E-state index in [4.69, 9.17) is 0 Å². The second-order valence-electron chi connectivity index (χ2n) is 3.15. The smallest absolute Gasteiger partial charge is 0.0438 e. The van der Waals surface area contributed by atoms with Crippen LogP contribution >= 0.6 is 0 Å². The van der Waals surface area contributed by atoms with Gasteiger partial charge in [-0.2, -0.15) is 0 Å². The van der Waals surface area contributed by atoms with Gasteiger partial charge in [-0.25, -0.2) is 0 Å². The lowest BCUT2D eigenvalue weighted by Crippen LogP contribution is -2.15. The van der Waals surface area contributed by atoms with Crippen molar-refractivity contribution in [1.82, 2.24) is 9.88 Å². The van der Waals surface area contributed by atoms with Gasteiger partial charge in [-0.05, 0) is 25.5 Å². The zero-order valence-corrected chi connectivity index (χ0v) is 8.49. The first kappa shape index (κ1) is 9.78. The van der Waals surface area contributed by atoms with Crippen LogP contribution in [0.2, 0.25) is 0 Å². The van der Waals surface area contributed by atoms with Crippen molar-refractivity contribution in [1.29, 1.82) is 0 Å². The van der Waals surface area contributed by atoms with Gasteiger partial charge in [0.2, 0.25) is 0 Å². The molecular weight excluding hydrogens is 160 g/mol. The first-order valence-corrected chi connectivity index (χ1v) is 4.47. The number of allylic oxidation sites excluding steroid dienone is 2. The van der Waals surface area contributed by atoms with E-state index >= 15 is 0 Å². The third-order valence-corrected chi connectivity index (χ3v) is 2.16. The van der Waals surface area contributed by atoms with Crippen molar-refractivity contribution in [2.75, 3.05) is 7.05 Å². The Morgan fingerprint density at radius 2 is 2.38 bits per heavy atom. The highest BCUT2D eigenvalue weighted by Gasteiger charge is 1.98. The Kier molecular flexibility index (Phi) is 3.50. The molecular formula is C11H16N2. The Balaban J connectivity index is 2.60. The second kappa shape index (κ2) is 4.65. The van der Waals surface area contributed by atoms with Crippen LogP contribution in [-0.2, 0) is 6.54 Å². The Morgan fingerprint density at radius 1 is 1.62 bits per heavy atom. The molecule has 0 aliphatic carbocycles. The van der Waals surface area contributed by atoms with Crippen LogP contribution in [0, 0.1) is 0 Å². The average Bonchev–Trinajstić information content (AvgIpc) is 2.18. The Bertz CT molecular complexity index is 277. The van der Waals surface area contributed by atoms with Gasteiger partial charge >= 0.3 is 0 Å². The minimum Gasteiger partial charge on any atom is -0.374 e. The van der Waals surface area contributed by atoms with Crippen LogP contribution in [0.4, 0.5) is 0 Å². The van der Waals surface area contributed by atoms with E-state index in [1.165, 1.54) is 11.3 Å². The zero-order valence-electron chi connectivity index (χ0n) is 8.49. The monoisotopic (exact) mass is 176 g/mol. The molecule has 0 amide bonds. The summed E-state index contributed by atoms with van der Waals surface area (Å²) in [5.74, 6) is 0. The minimum atomic E-state index is 0.921. The number of pyridine rings is 1. The van der Waals surface area contributed by atoms with E-state index < -0.39 is 0 Å². The van der Waals surface area contributed by atoms with Crippen molar-refractivity contribution < 1.29 is 0 Å². The summed E-state index contributed by atoms with van der Waals surface area (Å²) >= 11 is 0. The fourth-order valence-electron chi connectivity index (χ4n) is 1.11. The normalized spacial score (nSPS) is 11.5. The number of rotatable bonds is 3. The van der Waals surface area contributed by atoms with Crippen LogP contribution in [0.3, 0.4) is 0 Å². The van der Waals surface area contributed by atoms with Crippen LogP contribution in [0.25, 0.3) is 0 Å². The molecule has 0 unspecified atom stereocenters. The molecule has 1 aromatic heterocycles. The van der Waals surface area contributed by atoms with Gasteiger partial charge in [-0.1, -0.05) is 12.1 Å². The van der Waals surface area contributed by atoms with E-state index in [2.05, 4.69) is 42.9 Å². The van der Waals surface area contributed by atoms with Crippen LogP contribution in [0.1, 0.15) is 19.4 Å². The summed E-state index contributed by atoms with van der Waals surface area (Å²) in [6, 6.07) is 4.06. The number of aromatic nitrogens is 1. The highest BCUT2D eigenvalue weighted by Crippen LogP contribution is 2.06. The van der Waals surface area contributed by atoms with Crippen LogP contribution in [0.5, 0.6) is 0 Å². The fourth-order valence-corrected chi connectivity index (χ4v) is 1.11. The van der Waals surface area contributed by atoms with Gasteiger partial charge in [0, 0.05) is 31.7 Å². The summed E-state index contributed by atoms with van der Waals surface area (Å²) in [7, 11) is 2.09. The maximum absolute atomic E-state index is 4.08.